The largest absolute Gasteiger partial charge is 0.481 e. The van der Waals surface area contributed by atoms with Crippen molar-refractivity contribution in [2.75, 3.05) is 13.1 Å². The van der Waals surface area contributed by atoms with Gasteiger partial charge in [0.1, 0.15) is 0 Å². The van der Waals surface area contributed by atoms with Crippen molar-refractivity contribution in [1.82, 2.24) is 15.0 Å². The molecule has 1 fully saturated rings. The molecule has 1 aliphatic heterocycles. The SMILES string of the molecule is CCCc1ccc(-c2nc(-c3ccc(CN4CCC(C)(C(=O)O)CC4)cc3)no2)cc1Cl. The number of carbonyl (C=O) groups is 1. The van der Waals surface area contributed by atoms with Gasteiger partial charge in [0, 0.05) is 22.7 Å². The van der Waals surface area contributed by atoms with Crippen LogP contribution in [-0.4, -0.2) is 39.2 Å². The van der Waals surface area contributed by atoms with Crippen molar-refractivity contribution in [3.05, 3.63) is 58.6 Å². The fourth-order valence-corrected chi connectivity index (χ4v) is 4.32. The van der Waals surface area contributed by atoms with E-state index in [1.807, 2.05) is 37.3 Å². The van der Waals surface area contributed by atoms with E-state index in [-0.39, 0.29) is 0 Å². The monoisotopic (exact) mass is 453 g/mol. The predicted octanol–water partition coefficient (Wildman–Crippen LogP) is 5.70. The lowest BCUT2D eigenvalue weighted by Gasteiger charge is -2.36. The van der Waals surface area contributed by atoms with Crippen LogP contribution < -0.4 is 0 Å². The van der Waals surface area contributed by atoms with Crippen LogP contribution in [0.4, 0.5) is 0 Å². The van der Waals surface area contributed by atoms with Gasteiger partial charge in [0.15, 0.2) is 0 Å². The molecule has 0 radical (unpaired) electrons. The van der Waals surface area contributed by atoms with Crippen molar-refractivity contribution >= 4 is 17.6 Å². The van der Waals surface area contributed by atoms with Crippen molar-refractivity contribution in [2.45, 2.75) is 46.1 Å². The number of likely N-dealkylation sites (tertiary alicyclic amines) is 1. The Morgan fingerprint density at radius 1 is 1.16 bits per heavy atom. The van der Waals surface area contributed by atoms with Crippen LogP contribution in [0.25, 0.3) is 22.8 Å². The van der Waals surface area contributed by atoms with E-state index >= 15 is 0 Å². The summed E-state index contributed by atoms with van der Waals surface area (Å²) in [5.74, 6) is 0.291. The van der Waals surface area contributed by atoms with Gasteiger partial charge in [-0.05, 0) is 62.5 Å². The molecule has 0 bridgehead atoms. The van der Waals surface area contributed by atoms with Crippen molar-refractivity contribution in [3.8, 4) is 22.8 Å². The first-order valence-electron chi connectivity index (χ1n) is 11.1. The third-order valence-corrected chi connectivity index (χ3v) is 6.69. The van der Waals surface area contributed by atoms with Crippen LogP contribution >= 0.6 is 11.6 Å². The summed E-state index contributed by atoms with van der Waals surface area (Å²) in [6.07, 6.45) is 3.33. The van der Waals surface area contributed by atoms with E-state index in [4.69, 9.17) is 16.1 Å². The number of piperidine rings is 1. The van der Waals surface area contributed by atoms with Crippen LogP contribution in [0.2, 0.25) is 5.02 Å². The molecule has 4 rings (SSSR count). The quantitative estimate of drug-likeness (QED) is 0.494. The number of aromatic nitrogens is 2. The molecule has 1 aliphatic rings. The first kappa shape index (κ1) is 22.5. The molecule has 1 N–H and O–H groups in total. The maximum atomic E-state index is 11.4. The molecule has 6 nitrogen and oxygen atoms in total. The normalized spacial score (nSPS) is 16.2. The summed E-state index contributed by atoms with van der Waals surface area (Å²) in [6.45, 7) is 6.35. The summed E-state index contributed by atoms with van der Waals surface area (Å²) < 4.78 is 5.47. The van der Waals surface area contributed by atoms with Crippen molar-refractivity contribution in [3.63, 3.8) is 0 Å². The minimum Gasteiger partial charge on any atom is -0.481 e. The Morgan fingerprint density at radius 2 is 1.84 bits per heavy atom. The molecule has 0 aliphatic carbocycles. The zero-order valence-electron chi connectivity index (χ0n) is 18.5. The fourth-order valence-electron chi connectivity index (χ4n) is 4.05. The van der Waals surface area contributed by atoms with Crippen LogP contribution in [0.5, 0.6) is 0 Å². The number of aliphatic carboxylic acids is 1. The lowest BCUT2D eigenvalue weighted by molar-refractivity contribution is -0.150. The average Bonchev–Trinajstić information content (AvgIpc) is 3.28. The molecule has 7 heteroatoms. The Balaban J connectivity index is 1.40. The molecular weight excluding hydrogens is 426 g/mol. The van der Waals surface area contributed by atoms with Gasteiger partial charge in [-0.15, -0.1) is 0 Å². The molecule has 32 heavy (non-hydrogen) atoms. The van der Waals surface area contributed by atoms with Gasteiger partial charge in [-0.2, -0.15) is 4.98 Å². The number of benzene rings is 2. The van der Waals surface area contributed by atoms with E-state index in [0.717, 1.165) is 54.2 Å². The van der Waals surface area contributed by atoms with Gasteiger partial charge in [0.2, 0.25) is 5.82 Å². The molecule has 0 unspecified atom stereocenters. The lowest BCUT2D eigenvalue weighted by Crippen LogP contribution is -2.42. The summed E-state index contributed by atoms with van der Waals surface area (Å²) in [5, 5.41) is 14.2. The Labute approximate surface area is 193 Å². The Bertz CT molecular complexity index is 1090. The van der Waals surface area contributed by atoms with Gasteiger partial charge in [-0.1, -0.05) is 60.4 Å². The topological polar surface area (TPSA) is 79.5 Å². The Kier molecular flexibility index (Phi) is 6.63. The van der Waals surface area contributed by atoms with Gasteiger partial charge >= 0.3 is 5.97 Å². The second-order valence-electron chi connectivity index (χ2n) is 8.82. The summed E-state index contributed by atoms with van der Waals surface area (Å²) in [4.78, 5) is 18.3. The summed E-state index contributed by atoms with van der Waals surface area (Å²) >= 11 is 6.39. The van der Waals surface area contributed by atoms with E-state index in [0.29, 0.717) is 24.6 Å². The van der Waals surface area contributed by atoms with Crippen LogP contribution in [0.1, 0.15) is 44.2 Å². The fraction of sp³-hybridized carbons (Fsp3) is 0.400. The van der Waals surface area contributed by atoms with Crippen LogP contribution in [-0.2, 0) is 17.8 Å². The maximum absolute atomic E-state index is 11.4. The highest BCUT2D eigenvalue weighted by molar-refractivity contribution is 6.31. The Morgan fingerprint density at radius 3 is 2.47 bits per heavy atom. The number of rotatable bonds is 7. The Hall–Kier alpha value is -2.70. The maximum Gasteiger partial charge on any atom is 0.309 e. The second kappa shape index (κ2) is 9.43. The van der Waals surface area contributed by atoms with Crippen LogP contribution in [0, 0.1) is 5.41 Å². The number of hydrogen-bond donors (Lipinski definition) is 1. The highest BCUT2D eigenvalue weighted by Crippen LogP contribution is 2.32. The highest BCUT2D eigenvalue weighted by atomic mass is 35.5. The van der Waals surface area contributed by atoms with Gasteiger partial charge in [-0.25, -0.2) is 0 Å². The van der Waals surface area contributed by atoms with E-state index in [9.17, 15) is 9.90 Å². The molecule has 0 spiro atoms. The van der Waals surface area contributed by atoms with Gasteiger partial charge in [0.05, 0.1) is 5.41 Å². The molecular formula is C25H28ClN3O3. The zero-order valence-corrected chi connectivity index (χ0v) is 19.2. The molecule has 3 aromatic rings. The number of carboxylic acid groups (broad SMARTS) is 1. The van der Waals surface area contributed by atoms with Gasteiger partial charge < -0.3 is 9.63 Å². The van der Waals surface area contributed by atoms with Crippen molar-refractivity contribution < 1.29 is 14.4 Å². The summed E-state index contributed by atoms with van der Waals surface area (Å²) in [7, 11) is 0. The van der Waals surface area contributed by atoms with Crippen LogP contribution in [0.3, 0.4) is 0 Å². The summed E-state index contributed by atoms with van der Waals surface area (Å²) in [6, 6.07) is 14.0. The molecule has 2 aromatic carbocycles. The predicted molar refractivity (Wildman–Crippen MR) is 124 cm³/mol. The number of aryl methyl sites for hydroxylation is 1. The van der Waals surface area contributed by atoms with Crippen LogP contribution in [0.15, 0.2) is 47.0 Å². The average molecular weight is 454 g/mol. The van der Waals surface area contributed by atoms with Gasteiger partial charge in [0.25, 0.3) is 5.89 Å². The number of halogens is 1. The number of hydrogen-bond acceptors (Lipinski definition) is 5. The highest BCUT2D eigenvalue weighted by Gasteiger charge is 2.36. The van der Waals surface area contributed by atoms with E-state index < -0.39 is 11.4 Å². The number of carboxylic acids is 1. The third-order valence-electron chi connectivity index (χ3n) is 6.34. The minimum absolute atomic E-state index is 0.448. The molecule has 2 heterocycles. The molecule has 1 saturated heterocycles. The first-order chi connectivity index (χ1) is 15.4. The van der Waals surface area contributed by atoms with E-state index in [2.05, 4.69) is 34.1 Å². The van der Waals surface area contributed by atoms with Gasteiger partial charge in [-0.3, -0.25) is 9.69 Å². The second-order valence-corrected chi connectivity index (χ2v) is 9.23. The molecule has 0 atom stereocenters. The molecule has 0 amide bonds. The lowest BCUT2D eigenvalue weighted by atomic mass is 9.80. The smallest absolute Gasteiger partial charge is 0.309 e. The standard InChI is InChI=1S/C25H28ClN3O3/c1-3-4-18-9-10-20(15-21(18)26)23-27-22(28-32-23)19-7-5-17(6-8-19)16-29-13-11-25(2,12-14-29)24(30)31/h5-10,15H,3-4,11-14,16H2,1-2H3,(H,30,31). The molecule has 1 aromatic heterocycles. The third kappa shape index (κ3) is 4.87. The summed E-state index contributed by atoms with van der Waals surface area (Å²) in [5.41, 5.74) is 3.39. The first-order valence-corrected chi connectivity index (χ1v) is 11.4. The zero-order chi connectivity index (χ0) is 22.7. The van der Waals surface area contributed by atoms with Crippen molar-refractivity contribution in [2.24, 2.45) is 5.41 Å². The van der Waals surface area contributed by atoms with E-state index in [1.165, 1.54) is 5.56 Å². The van der Waals surface area contributed by atoms with Crippen molar-refractivity contribution in [1.29, 1.82) is 0 Å². The molecule has 0 saturated carbocycles. The molecule has 168 valence electrons. The minimum atomic E-state index is -0.694. The van der Waals surface area contributed by atoms with E-state index in [1.54, 1.807) is 0 Å². The number of nitrogens with zero attached hydrogens (tertiary/aromatic N) is 3.